The summed E-state index contributed by atoms with van der Waals surface area (Å²) in [5, 5.41) is 35.8. The second-order valence-electron chi connectivity index (χ2n) is 6.22. The number of anilines is 1. The zero-order chi connectivity index (χ0) is 22.4. The maximum atomic E-state index is 12.9. The Labute approximate surface area is 176 Å². The number of hydrogen-bond acceptors (Lipinski definition) is 8. The summed E-state index contributed by atoms with van der Waals surface area (Å²) < 4.78 is 0. The van der Waals surface area contributed by atoms with Gasteiger partial charge in [-0.2, -0.15) is 15.8 Å². The average Bonchev–Trinajstić information content (AvgIpc) is 2.80. The van der Waals surface area contributed by atoms with Crippen molar-refractivity contribution in [1.29, 1.82) is 15.8 Å². The zero-order valence-electron chi connectivity index (χ0n) is 15.9. The highest BCUT2D eigenvalue weighted by Crippen LogP contribution is 2.34. The van der Waals surface area contributed by atoms with E-state index < -0.39 is 17.3 Å². The van der Waals surface area contributed by atoms with Gasteiger partial charge in [0.15, 0.2) is 5.92 Å². The van der Waals surface area contributed by atoms with Gasteiger partial charge in [-0.3, -0.25) is 9.59 Å². The van der Waals surface area contributed by atoms with E-state index in [0.29, 0.717) is 0 Å². The first kappa shape index (κ1) is 20.7. The second kappa shape index (κ2) is 8.95. The summed E-state index contributed by atoms with van der Waals surface area (Å²) in [5.41, 5.74) is 4.86. The van der Waals surface area contributed by atoms with Crippen LogP contribution < -0.4 is 11.3 Å². The predicted octanol–water partition coefficient (Wildman–Crippen LogP) is 3.61. The molecule has 0 aliphatic carbocycles. The van der Waals surface area contributed by atoms with E-state index in [1.807, 2.05) is 6.07 Å². The molecule has 3 N–H and O–H groups in total. The van der Waals surface area contributed by atoms with Gasteiger partial charge >= 0.3 is 0 Å². The second-order valence-corrected chi connectivity index (χ2v) is 6.22. The van der Waals surface area contributed by atoms with Crippen molar-refractivity contribution >= 4 is 22.8 Å². The minimum Gasteiger partial charge on any atom is -0.396 e. The molecule has 0 saturated carbocycles. The normalized spacial score (nSPS) is 10.4. The van der Waals surface area contributed by atoms with Crippen molar-refractivity contribution in [1.82, 2.24) is 4.98 Å². The molecule has 148 valence electrons. The van der Waals surface area contributed by atoms with Crippen molar-refractivity contribution in [2.24, 2.45) is 10.2 Å². The molecule has 31 heavy (non-hydrogen) atoms. The highest BCUT2D eigenvalue weighted by Gasteiger charge is 2.26. The van der Waals surface area contributed by atoms with Crippen LogP contribution in [0.1, 0.15) is 33.1 Å². The van der Waals surface area contributed by atoms with E-state index >= 15 is 0 Å². The Morgan fingerprint density at radius 3 is 2.26 bits per heavy atom. The molecule has 3 rings (SSSR count). The summed E-state index contributed by atoms with van der Waals surface area (Å²) in [6.07, 6.45) is 0. The molecular weight excluding hydrogens is 394 g/mol. The number of pyridine rings is 1. The fourth-order valence-electron chi connectivity index (χ4n) is 2.82. The number of carbonyl (C=O) groups is 1. The van der Waals surface area contributed by atoms with E-state index in [-0.39, 0.29) is 39.4 Å². The first-order valence-electron chi connectivity index (χ1n) is 8.87. The lowest BCUT2D eigenvalue weighted by atomic mass is 9.99. The number of ketones is 1. The third-order valence-electron chi connectivity index (χ3n) is 4.35. The molecule has 1 aromatic heterocycles. The smallest absolute Gasteiger partial charge is 0.261 e. The van der Waals surface area contributed by atoms with Gasteiger partial charge in [0.05, 0.1) is 29.1 Å². The molecule has 0 radical (unpaired) electrons. The molecule has 0 bridgehead atoms. The average molecular weight is 407 g/mol. The minimum absolute atomic E-state index is 0.185. The molecule has 0 unspecified atom stereocenters. The molecule has 0 amide bonds. The molecule has 2 aromatic carbocycles. The third kappa shape index (κ3) is 4.04. The van der Waals surface area contributed by atoms with E-state index in [9.17, 15) is 25.4 Å². The molecule has 0 fully saturated rings. The number of carbonyl (C=O) groups excluding carboxylic acids is 1. The highest BCUT2D eigenvalue weighted by atomic mass is 16.1. The number of H-pyrrole nitrogens is 1. The summed E-state index contributed by atoms with van der Waals surface area (Å²) >= 11 is 0. The van der Waals surface area contributed by atoms with E-state index in [4.69, 9.17) is 5.73 Å². The van der Waals surface area contributed by atoms with Gasteiger partial charge in [-0.25, -0.2) is 0 Å². The quantitative estimate of drug-likeness (QED) is 0.483. The number of aromatic nitrogens is 1. The van der Waals surface area contributed by atoms with E-state index in [1.54, 1.807) is 42.5 Å². The summed E-state index contributed by atoms with van der Waals surface area (Å²) in [7, 11) is 0. The molecule has 0 aliphatic heterocycles. The lowest BCUT2D eigenvalue weighted by Gasteiger charge is -2.11. The Bertz CT molecular complexity index is 1360. The van der Waals surface area contributed by atoms with Crippen LogP contribution in [0.4, 0.5) is 17.1 Å². The van der Waals surface area contributed by atoms with Crippen molar-refractivity contribution in [2.45, 2.75) is 5.92 Å². The highest BCUT2D eigenvalue weighted by molar-refractivity contribution is 6.13. The van der Waals surface area contributed by atoms with E-state index in [1.165, 1.54) is 24.3 Å². The number of rotatable bonds is 5. The first-order chi connectivity index (χ1) is 15.0. The lowest BCUT2D eigenvalue weighted by Crippen LogP contribution is -2.23. The molecule has 1 heterocycles. The van der Waals surface area contributed by atoms with Gasteiger partial charge in [0.25, 0.3) is 5.56 Å². The largest absolute Gasteiger partial charge is 0.396 e. The number of nitrogen functional groups attached to an aromatic ring is 1. The van der Waals surface area contributed by atoms with Crippen molar-refractivity contribution in [3.05, 3.63) is 87.3 Å². The molecule has 0 spiro atoms. The Morgan fingerprint density at radius 1 is 0.968 bits per heavy atom. The Kier molecular flexibility index (Phi) is 5.97. The molecule has 9 nitrogen and oxygen atoms in total. The van der Waals surface area contributed by atoms with Crippen LogP contribution in [0.25, 0.3) is 0 Å². The van der Waals surface area contributed by atoms with Gasteiger partial charge in [0.2, 0.25) is 5.78 Å². The van der Waals surface area contributed by atoms with Gasteiger partial charge in [-0.1, -0.05) is 42.5 Å². The van der Waals surface area contributed by atoms with Crippen LogP contribution in [0, 0.1) is 34.0 Å². The van der Waals surface area contributed by atoms with Crippen molar-refractivity contribution in [3.8, 4) is 18.2 Å². The Hall–Kier alpha value is -5.07. The zero-order valence-corrected chi connectivity index (χ0v) is 15.9. The van der Waals surface area contributed by atoms with E-state index in [0.717, 1.165) is 0 Å². The van der Waals surface area contributed by atoms with Gasteiger partial charge in [0, 0.05) is 5.56 Å². The van der Waals surface area contributed by atoms with Crippen molar-refractivity contribution in [3.63, 3.8) is 0 Å². The van der Waals surface area contributed by atoms with Crippen LogP contribution in [0.3, 0.4) is 0 Å². The number of benzene rings is 2. The fourth-order valence-corrected chi connectivity index (χ4v) is 2.82. The van der Waals surface area contributed by atoms with Crippen LogP contribution in [-0.2, 0) is 0 Å². The fraction of sp³-hybridized carbons (Fsp3) is 0.0455. The lowest BCUT2D eigenvalue weighted by molar-refractivity contribution is 0.103. The maximum Gasteiger partial charge on any atom is 0.261 e. The number of azo groups is 1. The molecule has 0 saturated heterocycles. The van der Waals surface area contributed by atoms with Gasteiger partial charge in [0.1, 0.15) is 23.0 Å². The summed E-state index contributed by atoms with van der Waals surface area (Å²) in [4.78, 5) is 27.9. The monoisotopic (exact) mass is 407 g/mol. The predicted molar refractivity (Wildman–Crippen MR) is 111 cm³/mol. The Balaban J connectivity index is 2.25. The summed E-state index contributed by atoms with van der Waals surface area (Å²) in [5.74, 6) is -2.05. The summed E-state index contributed by atoms with van der Waals surface area (Å²) in [6.45, 7) is 0. The number of nitrogens with one attached hydrogen (secondary N) is 1. The molecular formula is C22H13N7O2. The van der Waals surface area contributed by atoms with E-state index in [2.05, 4.69) is 15.2 Å². The number of nitriles is 3. The molecule has 0 atom stereocenters. The Morgan fingerprint density at radius 2 is 1.61 bits per heavy atom. The molecule has 0 aliphatic rings. The molecule has 3 aromatic rings. The minimum atomic E-state index is -1.41. The number of aromatic amines is 1. The summed E-state index contributed by atoms with van der Waals surface area (Å²) in [6, 6.07) is 19.8. The van der Waals surface area contributed by atoms with Gasteiger partial charge in [-0.15, -0.1) is 10.2 Å². The SMILES string of the molecule is N#Cc1ccccc1N=Nc1c(C(C#N)C#N)[nH]c(=O)c(C(=O)c2ccccc2)c1N. The molecule has 9 heteroatoms. The van der Waals surface area contributed by atoms with Gasteiger partial charge < -0.3 is 10.7 Å². The van der Waals surface area contributed by atoms with Crippen LogP contribution in [-0.4, -0.2) is 10.8 Å². The van der Waals surface area contributed by atoms with Crippen LogP contribution in [0.2, 0.25) is 0 Å². The van der Waals surface area contributed by atoms with Crippen molar-refractivity contribution < 1.29 is 4.79 Å². The van der Waals surface area contributed by atoms with Crippen LogP contribution in [0.5, 0.6) is 0 Å². The van der Waals surface area contributed by atoms with Crippen LogP contribution >= 0.6 is 0 Å². The maximum absolute atomic E-state index is 12.9. The van der Waals surface area contributed by atoms with Crippen LogP contribution in [0.15, 0.2) is 69.6 Å². The van der Waals surface area contributed by atoms with Crippen molar-refractivity contribution in [2.75, 3.05) is 5.73 Å². The third-order valence-corrected chi connectivity index (χ3v) is 4.35. The standard InChI is InChI=1S/C22H13N7O2/c23-10-14-8-4-5-9-16(14)28-29-20-18(26)17(21(30)13-6-2-1-3-7-13)22(31)27-19(20)15(11-24)12-25/h1-9,15H,(H3,26,27,31). The number of nitrogens with zero attached hydrogens (tertiary/aromatic N) is 5. The number of hydrogen-bond donors (Lipinski definition) is 2. The number of nitrogens with two attached hydrogens (primary N) is 1. The first-order valence-corrected chi connectivity index (χ1v) is 8.87. The topological polar surface area (TPSA) is 172 Å². The van der Waals surface area contributed by atoms with Gasteiger partial charge in [-0.05, 0) is 12.1 Å².